The van der Waals surface area contributed by atoms with E-state index in [1.807, 2.05) is 0 Å². The molecule has 0 atom stereocenters. The van der Waals surface area contributed by atoms with Crippen molar-refractivity contribution in [3.8, 4) is 0 Å². The molecule has 0 spiro atoms. The predicted octanol–water partition coefficient (Wildman–Crippen LogP) is 2.38. The molecule has 2 rings (SSSR count). The Morgan fingerprint density at radius 1 is 1.26 bits per heavy atom. The Morgan fingerprint density at radius 2 is 1.95 bits per heavy atom. The number of aryl methyl sites for hydroxylation is 2. The summed E-state index contributed by atoms with van der Waals surface area (Å²) in [6.07, 6.45) is 0.263. The van der Waals surface area contributed by atoms with E-state index in [-0.39, 0.29) is 23.7 Å². The first-order valence-electron chi connectivity index (χ1n) is 5.62. The van der Waals surface area contributed by atoms with Gasteiger partial charge in [0, 0.05) is 17.5 Å². The topological polar surface area (TPSA) is 56.0 Å². The molecule has 1 aromatic heterocycles. The summed E-state index contributed by atoms with van der Waals surface area (Å²) in [6.45, 7) is 1.61. The lowest BCUT2D eigenvalue weighted by Gasteiger charge is -2.09. The van der Waals surface area contributed by atoms with Gasteiger partial charge in [-0.25, -0.2) is 18.2 Å². The third-order valence-corrected chi connectivity index (χ3v) is 2.79. The van der Waals surface area contributed by atoms with Crippen molar-refractivity contribution in [3.63, 3.8) is 0 Å². The Kier molecular flexibility index (Phi) is 3.42. The van der Waals surface area contributed by atoms with Crippen LogP contribution in [0.1, 0.15) is 17.7 Å². The second kappa shape index (κ2) is 4.87. The molecule has 1 aromatic carbocycles. The molecule has 0 saturated carbocycles. The number of carbonyl (C=O) groups is 1. The molecular formula is C13H11F3N2O. The molecule has 0 fully saturated rings. The number of halogens is 3. The lowest BCUT2D eigenvalue weighted by molar-refractivity contribution is -0.117. The maximum absolute atomic E-state index is 13.6. The maximum atomic E-state index is 13.6. The largest absolute Gasteiger partial charge is 0.370 e. The van der Waals surface area contributed by atoms with Crippen molar-refractivity contribution in [1.29, 1.82) is 0 Å². The van der Waals surface area contributed by atoms with Gasteiger partial charge in [-0.05, 0) is 31.0 Å². The van der Waals surface area contributed by atoms with Crippen molar-refractivity contribution in [2.45, 2.75) is 19.8 Å². The van der Waals surface area contributed by atoms with E-state index in [4.69, 9.17) is 5.73 Å². The minimum absolute atomic E-state index is 0.0408. The fraction of sp³-hybridized carbons (Fsp3) is 0.231. The Hall–Kier alpha value is -2.11. The number of benzene rings is 1. The first-order valence-corrected chi connectivity index (χ1v) is 5.62. The van der Waals surface area contributed by atoms with Gasteiger partial charge in [0.05, 0.1) is 0 Å². The SMILES string of the molecule is Cc1cc(CCC(N)=O)c2cc(F)c(F)c(F)c2n1. The van der Waals surface area contributed by atoms with Crippen LogP contribution in [0.3, 0.4) is 0 Å². The number of primary amides is 1. The molecule has 0 aliphatic carbocycles. The van der Waals surface area contributed by atoms with E-state index >= 15 is 0 Å². The van der Waals surface area contributed by atoms with Gasteiger partial charge in [0.15, 0.2) is 17.5 Å². The van der Waals surface area contributed by atoms with Crippen LogP contribution in [0.2, 0.25) is 0 Å². The summed E-state index contributed by atoms with van der Waals surface area (Å²) in [4.78, 5) is 14.6. The van der Waals surface area contributed by atoms with Crippen LogP contribution in [0.4, 0.5) is 13.2 Å². The highest BCUT2D eigenvalue weighted by Crippen LogP contribution is 2.25. The summed E-state index contributed by atoms with van der Waals surface area (Å²) in [5.41, 5.74) is 5.77. The molecule has 1 amide bonds. The maximum Gasteiger partial charge on any atom is 0.217 e. The van der Waals surface area contributed by atoms with E-state index in [1.165, 1.54) is 0 Å². The molecule has 0 bridgehead atoms. The number of hydrogen-bond donors (Lipinski definition) is 1. The first-order chi connectivity index (χ1) is 8.90. The van der Waals surface area contributed by atoms with E-state index in [1.54, 1.807) is 13.0 Å². The summed E-state index contributed by atoms with van der Waals surface area (Å²) in [5, 5.41) is 0.156. The van der Waals surface area contributed by atoms with Crippen molar-refractivity contribution >= 4 is 16.8 Å². The average molecular weight is 268 g/mol. The van der Waals surface area contributed by atoms with Gasteiger partial charge in [-0.2, -0.15) is 0 Å². The lowest BCUT2D eigenvalue weighted by Crippen LogP contribution is -2.11. The van der Waals surface area contributed by atoms with Crippen LogP contribution < -0.4 is 5.73 Å². The van der Waals surface area contributed by atoms with Crippen molar-refractivity contribution in [2.24, 2.45) is 5.73 Å². The molecule has 19 heavy (non-hydrogen) atoms. The van der Waals surface area contributed by atoms with Crippen LogP contribution in [0.15, 0.2) is 12.1 Å². The quantitative estimate of drug-likeness (QED) is 0.869. The molecule has 0 aliphatic heterocycles. The highest BCUT2D eigenvalue weighted by molar-refractivity contribution is 5.84. The highest BCUT2D eigenvalue weighted by atomic mass is 19.2. The number of rotatable bonds is 3. The fourth-order valence-corrected chi connectivity index (χ4v) is 1.94. The van der Waals surface area contributed by atoms with Gasteiger partial charge in [-0.1, -0.05) is 0 Å². The van der Waals surface area contributed by atoms with E-state index < -0.39 is 23.4 Å². The molecule has 2 N–H and O–H groups in total. The minimum Gasteiger partial charge on any atom is -0.370 e. The predicted molar refractivity (Wildman–Crippen MR) is 63.9 cm³/mol. The summed E-state index contributed by atoms with van der Waals surface area (Å²) >= 11 is 0. The summed E-state index contributed by atoms with van der Waals surface area (Å²) in [5.74, 6) is -4.67. The normalized spacial score (nSPS) is 10.9. The van der Waals surface area contributed by atoms with Gasteiger partial charge >= 0.3 is 0 Å². The molecule has 0 radical (unpaired) electrons. The molecule has 6 heteroatoms. The summed E-state index contributed by atoms with van der Waals surface area (Å²) in [7, 11) is 0. The van der Waals surface area contributed by atoms with Gasteiger partial charge in [0.25, 0.3) is 0 Å². The van der Waals surface area contributed by atoms with Crippen molar-refractivity contribution in [1.82, 2.24) is 4.98 Å². The second-order valence-electron chi connectivity index (χ2n) is 4.27. The zero-order valence-electron chi connectivity index (χ0n) is 10.1. The third kappa shape index (κ3) is 2.52. The smallest absolute Gasteiger partial charge is 0.217 e. The zero-order valence-corrected chi connectivity index (χ0v) is 10.1. The number of fused-ring (bicyclic) bond motifs is 1. The monoisotopic (exact) mass is 268 g/mol. The number of amides is 1. The molecule has 0 saturated heterocycles. The van der Waals surface area contributed by atoms with Crippen molar-refractivity contribution in [3.05, 3.63) is 40.8 Å². The minimum atomic E-state index is -1.55. The lowest BCUT2D eigenvalue weighted by atomic mass is 10.0. The first kappa shape index (κ1) is 13.3. The summed E-state index contributed by atoms with van der Waals surface area (Å²) < 4.78 is 40.1. The van der Waals surface area contributed by atoms with E-state index in [0.717, 1.165) is 6.07 Å². The Balaban J connectivity index is 2.66. The fourth-order valence-electron chi connectivity index (χ4n) is 1.94. The molecule has 3 nitrogen and oxygen atoms in total. The van der Waals surface area contributed by atoms with Crippen LogP contribution >= 0.6 is 0 Å². The van der Waals surface area contributed by atoms with Crippen LogP contribution in [0.25, 0.3) is 10.9 Å². The molecular weight excluding hydrogens is 257 g/mol. The van der Waals surface area contributed by atoms with E-state index in [9.17, 15) is 18.0 Å². The van der Waals surface area contributed by atoms with Gasteiger partial charge in [0.2, 0.25) is 5.91 Å². The average Bonchev–Trinajstić information content (AvgIpc) is 2.34. The Morgan fingerprint density at radius 3 is 2.58 bits per heavy atom. The van der Waals surface area contributed by atoms with Crippen LogP contribution in [-0.4, -0.2) is 10.9 Å². The Bertz CT molecular complexity index is 671. The number of nitrogens with zero attached hydrogens (tertiary/aromatic N) is 1. The molecule has 1 heterocycles. The van der Waals surface area contributed by atoms with Crippen LogP contribution in [0, 0.1) is 24.4 Å². The van der Waals surface area contributed by atoms with Crippen molar-refractivity contribution < 1.29 is 18.0 Å². The molecule has 0 aliphatic rings. The number of pyridine rings is 1. The highest BCUT2D eigenvalue weighted by Gasteiger charge is 2.17. The van der Waals surface area contributed by atoms with Crippen LogP contribution in [-0.2, 0) is 11.2 Å². The molecule has 0 unspecified atom stereocenters. The van der Waals surface area contributed by atoms with Gasteiger partial charge in [0.1, 0.15) is 5.52 Å². The molecule has 100 valence electrons. The van der Waals surface area contributed by atoms with Crippen molar-refractivity contribution in [2.75, 3.05) is 0 Å². The third-order valence-electron chi connectivity index (χ3n) is 2.79. The second-order valence-corrected chi connectivity index (χ2v) is 4.27. The van der Waals surface area contributed by atoms with Gasteiger partial charge in [-0.15, -0.1) is 0 Å². The number of aromatic nitrogens is 1. The van der Waals surface area contributed by atoms with E-state index in [2.05, 4.69) is 4.98 Å². The van der Waals surface area contributed by atoms with E-state index in [0.29, 0.717) is 11.3 Å². The number of hydrogen-bond acceptors (Lipinski definition) is 2. The summed E-state index contributed by atoms with van der Waals surface area (Å²) in [6, 6.07) is 2.48. The molecule has 2 aromatic rings. The Labute approximate surface area is 107 Å². The van der Waals surface area contributed by atoms with Gasteiger partial charge in [-0.3, -0.25) is 4.79 Å². The zero-order chi connectivity index (χ0) is 14.2. The number of nitrogens with two attached hydrogens (primary N) is 1. The van der Waals surface area contributed by atoms with Gasteiger partial charge < -0.3 is 5.73 Å². The standard InChI is InChI=1S/C13H11F3N2O/c1-6-4-7(2-3-10(17)19)8-5-9(14)11(15)12(16)13(8)18-6/h4-5H,2-3H2,1H3,(H2,17,19). The van der Waals surface area contributed by atoms with Crippen LogP contribution in [0.5, 0.6) is 0 Å². The number of carbonyl (C=O) groups excluding carboxylic acids is 1.